The Labute approximate surface area is 104 Å². The van der Waals surface area contributed by atoms with Gasteiger partial charge in [-0.3, -0.25) is 4.90 Å². The highest BCUT2D eigenvalue weighted by Crippen LogP contribution is 2.32. The Kier molecular flexibility index (Phi) is 4.02. The highest BCUT2D eigenvalue weighted by Gasteiger charge is 2.32. The second kappa shape index (κ2) is 5.52. The van der Waals surface area contributed by atoms with Gasteiger partial charge in [0, 0.05) is 18.2 Å². The molecule has 0 amide bonds. The molecule has 1 aromatic rings. The molecule has 2 N–H and O–H groups in total. The van der Waals surface area contributed by atoms with Crippen molar-refractivity contribution in [2.24, 2.45) is 11.7 Å². The Balaban J connectivity index is 2.00. The molecule has 1 aliphatic rings. The molecule has 1 fully saturated rings. The van der Waals surface area contributed by atoms with Crippen LogP contribution in [-0.2, 0) is 6.54 Å². The third kappa shape index (κ3) is 2.61. The first-order chi connectivity index (χ1) is 8.26. The normalized spacial score (nSPS) is 23.5. The van der Waals surface area contributed by atoms with Gasteiger partial charge < -0.3 is 10.5 Å². The lowest BCUT2D eigenvalue weighted by molar-refractivity contribution is 0.0831. The predicted octanol–water partition coefficient (Wildman–Crippen LogP) is 1.86. The maximum atomic E-state index is 5.76. The summed E-state index contributed by atoms with van der Waals surface area (Å²) in [5.41, 5.74) is 7.01. The van der Waals surface area contributed by atoms with Crippen molar-refractivity contribution in [1.82, 2.24) is 4.90 Å². The van der Waals surface area contributed by atoms with Crippen molar-refractivity contribution in [2.75, 3.05) is 20.7 Å². The van der Waals surface area contributed by atoms with Gasteiger partial charge in [0.05, 0.1) is 7.11 Å². The van der Waals surface area contributed by atoms with E-state index in [1.807, 2.05) is 12.1 Å². The molecule has 0 bridgehead atoms. The fourth-order valence-electron chi connectivity index (χ4n) is 2.63. The minimum absolute atomic E-state index is 0.643. The van der Waals surface area contributed by atoms with E-state index in [1.54, 1.807) is 7.11 Å². The lowest BCUT2D eigenvalue weighted by atomic mass is 9.78. The lowest BCUT2D eigenvalue weighted by Gasteiger charge is -2.42. The van der Waals surface area contributed by atoms with E-state index >= 15 is 0 Å². The zero-order valence-electron chi connectivity index (χ0n) is 10.7. The van der Waals surface area contributed by atoms with Crippen molar-refractivity contribution >= 4 is 0 Å². The van der Waals surface area contributed by atoms with E-state index in [-0.39, 0.29) is 0 Å². The topological polar surface area (TPSA) is 38.5 Å². The largest absolute Gasteiger partial charge is 0.496 e. The van der Waals surface area contributed by atoms with Gasteiger partial charge in [-0.15, -0.1) is 0 Å². The summed E-state index contributed by atoms with van der Waals surface area (Å²) in [5, 5.41) is 0. The maximum Gasteiger partial charge on any atom is 0.123 e. The van der Waals surface area contributed by atoms with E-state index in [0.29, 0.717) is 12.0 Å². The van der Waals surface area contributed by atoms with Crippen molar-refractivity contribution < 1.29 is 4.74 Å². The average Bonchev–Trinajstić information content (AvgIpc) is 2.29. The molecule has 0 aromatic heterocycles. The SMILES string of the molecule is COc1ccccc1CN(C)C1CCC1CN. The van der Waals surface area contributed by atoms with E-state index < -0.39 is 0 Å². The fraction of sp³-hybridized carbons (Fsp3) is 0.571. The fourth-order valence-corrected chi connectivity index (χ4v) is 2.63. The molecule has 2 rings (SSSR count). The summed E-state index contributed by atoms with van der Waals surface area (Å²) < 4.78 is 5.38. The third-order valence-corrected chi connectivity index (χ3v) is 3.86. The second-order valence-electron chi connectivity index (χ2n) is 4.87. The molecular formula is C14H22N2O. The van der Waals surface area contributed by atoms with Crippen LogP contribution in [0.15, 0.2) is 24.3 Å². The van der Waals surface area contributed by atoms with Gasteiger partial charge in [0.15, 0.2) is 0 Å². The summed E-state index contributed by atoms with van der Waals surface area (Å²) in [4.78, 5) is 2.40. The summed E-state index contributed by atoms with van der Waals surface area (Å²) in [6.45, 7) is 1.74. The van der Waals surface area contributed by atoms with E-state index in [2.05, 4.69) is 24.1 Å². The lowest BCUT2D eigenvalue weighted by Crippen LogP contribution is -2.47. The molecule has 3 nitrogen and oxygen atoms in total. The van der Waals surface area contributed by atoms with Crippen molar-refractivity contribution in [3.8, 4) is 5.75 Å². The molecule has 0 aliphatic heterocycles. The molecule has 2 unspecified atom stereocenters. The summed E-state index contributed by atoms with van der Waals surface area (Å²) in [6, 6.07) is 8.86. The van der Waals surface area contributed by atoms with Gasteiger partial charge in [0.2, 0.25) is 0 Å². The van der Waals surface area contributed by atoms with Crippen LogP contribution < -0.4 is 10.5 Å². The average molecular weight is 234 g/mol. The Morgan fingerprint density at radius 3 is 2.71 bits per heavy atom. The van der Waals surface area contributed by atoms with Crippen molar-refractivity contribution in [3.05, 3.63) is 29.8 Å². The van der Waals surface area contributed by atoms with Gasteiger partial charge in [-0.1, -0.05) is 18.2 Å². The molecule has 3 heteroatoms. The van der Waals surface area contributed by atoms with Crippen LogP contribution in [0.2, 0.25) is 0 Å². The Morgan fingerprint density at radius 2 is 2.12 bits per heavy atom. The van der Waals surface area contributed by atoms with E-state index in [1.165, 1.54) is 18.4 Å². The van der Waals surface area contributed by atoms with Crippen LogP contribution in [0.3, 0.4) is 0 Å². The van der Waals surface area contributed by atoms with Crippen LogP contribution in [0.25, 0.3) is 0 Å². The monoisotopic (exact) mass is 234 g/mol. The standard InChI is InChI=1S/C14H22N2O/c1-16(13-8-7-11(13)9-15)10-12-5-3-4-6-14(12)17-2/h3-6,11,13H,7-10,15H2,1-2H3. The van der Waals surface area contributed by atoms with Crippen LogP contribution in [-0.4, -0.2) is 31.6 Å². The van der Waals surface area contributed by atoms with E-state index in [4.69, 9.17) is 10.5 Å². The minimum Gasteiger partial charge on any atom is -0.496 e. The van der Waals surface area contributed by atoms with Gasteiger partial charge in [0.25, 0.3) is 0 Å². The molecular weight excluding hydrogens is 212 g/mol. The molecule has 1 saturated carbocycles. The number of rotatable bonds is 5. The van der Waals surface area contributed by atoms with Gasteiger partial charge in [0.1, 0.15) is 5.75 Å². The number of nitrogens with two attached hydrogens (primary N) is 1. The number of nitrogens with zero attached hydrogens (tertiary/aromatic N) is 1. The Bertz CT molecular complexity index is 365. The van der Waals surface area contributed by atoms with Crippen molar-refractivity contribution in [2.45, 2.75) is 25.4 Å². The maximum absolute atomic E-state index is 5.76. The van der Waals surface area contributed by atoms with Gasteiger partial charge in [-0.25, -0.2) is 0 Å². The van der Waals surface area contributed by atoms with Crippen molar-refractivity contribution in [3.63, 3.8) is 0 Å². The molecule has 0 heterocycles. The zero-order valence-corrected chi connectivity index (χ0v) is 10.7. The number of benzene rings is 1. The molecule has 0 spiro atoms. The number of methoxy groups -OCH3 is 1. The molecule has 1 aliphatic carbocycles. The quantitative estimate of drug-likeness (QED) is 0.845. The summed E-state index contributed by atoms with van der Waals surface area (Å²) in [6.07, 6.45) is 2.55. The Morgan fingerprint density at radius 1 is 1.35 bits per heavy atom. The number of hydrogen-bond donors (Lipinski definition) is 1. The molecule has 0 saturated heterocycles. The first-order valence-electron chi connectivity index (χ1n) is 6.28. The number of hydrogen-bond acceptors (Lipinski definition) is 3. The van der Waals surface area contributed by atoms with Gasteiger partial charge in [-0.2, -0.15) is 0 Å². The highest BCUT2D eigenvalue weighted by molar-refractivity contribution is 5.33. The summed E-state index contributed by atoms with van der Waals surface area (Å²) in [7, 11) is 3.91. The predicted molar refractivity (Wildman–Crippen MR) is 70.0 cm³/mol. The molecule has 2 atom stereocenters. The van der Waals surface area contributed by atoms with Crippen molar-refractivity contribution in [1.29, 1.82) is 0 Å². The minimum atomic E-state index is 0.643. The van der Waals surface area contributed by atoms with Crippen LogP contribution in [0.1, 0.15) is 18.4 Å². The summed E-state index contributed by atoms with van der Waals surface area (Å²) >= 11 is 0. The van der Waals surface area contributed by atoms with Crippen LogP contribution >= 0.6 is 0 Å². The molecule has 0 radical (unpaired) electrons. The smallest absolute Gasteiger partial charge is 0.123 e. The second-order valence-corrected chi connectivity index (χ2v) is 4.87. The first-order valence-corrected chi connectivity index (χ1v) is 6.28. The van der Waals surface area contributed by atoms with Crippen LogP contribution in [0.4, 0.5) is 0 Å². The number of ether oxygens (including phenoxy) is 1. The van der Waals surface area contributed by atoms with E-state index in [0.717, 1.165) is 18.8 Å². The highest BCUT2D eigenvalue weighted by atomic mass is 16.5. The molecule has 17 heavy (non-hydrogen) atoms. The number of para-hydroxylation sites is 1. The van der Waals surface area contributed by atoms with E-state index in [9.17, 15) is 0 Å². The zero-order chi connectivity index (χ0) is 12.3. The van der Waals surface area contributed by atoms with Crippen LogP contribution in [0.5, 0.6) is 5.75 Å². The van der Waals surface area contributed by atoms with Gasteiger partial charge >= 0.3 is 0 Å². The molecule has 94 valence electrons. The Hall–Kier alpha value is -1.06. The summed E-state index contributed by atoms with van der Waals surface area (Å²) in [5.74, 6) is 1.65. The third-order valence-electron chi connectivity index (χ3n) is 3.86. The first kappa shape index (κ1) is 12.4. The van der Waals surface area contributed by atoms with Crippen LogP contribution in [0, 0.1) is 5.92 Å². The van der Waals surface area contributed by atoms with Gasteiger partial charge in [-0.05, 0) is 38.4 Å². The molecule has 1 aromatic carbocycles.